The monoisotopic (exact) mass is 790 g/mol. The lowest BCUT2D eigenvalue weighted by atomic mass is 9.79. The number of hydrogen-bond acceptors (Lipinski definition) is 12. The number of fused-ring (bicyclic) bond motifs is 1. The van der Waals surface area contributed by atoms with E-state index in [0.29, 0.717) is 69.4 Å². The first kappa shape index (κ1) is 45.6. The van der Waals surface area contributed by atoms with Crippen molar-refractivity contribution in [2.45, 2.75) is 110 Å². The molecule has 16 heteroatoms. The first-order valence-corrected chi connectivity index (χ1v) is 20.5. The fraction of sp³-hybridized carbons (Fsp3) is 0.667. The van der Waals surface area contributed by atoms with Crippen LogP contribution in [0, 0.1) is 5.92 Å². The zero-order valence-corrected chi connectivity index (χ0v) is 33.9. The average Bonchev–Trinajstić information content (AvgIpc) is 3.67. The molecule has 55 heavy (non-hydrogen) atoms. The van der Waals surface area contributed by atoms with E-state index in [2.05, 4.69) is 43.9 Å². The van der Waals surface area contributed by atoms with Gasteiger partial charge < -0.3 is 40.0 Å². The van der Waals surface area contributed by atoms with Gasteiger partial charge in [0.15, 0.2) is 0 Å². The third-order valence-electron chi connectivity index (χ3n) is 9.23. The van der Waals surface area contributed by atoms with Crippen molar-refractivity contribution < 1.29 is 43.2 Å². The molecule has 3 unspecified atom stereocenters. The van der Waals surface area contributed by atoms with Gasteiger partial charge >= 0.3 is 6.09 Å². The Bertz CT molecular complexity index is 1490. The molecule has 308 valence electrons. The van der Waals surface area contributed by atoms with Crippen molar-refractivity contribution in [3.05, 3.63) is 45.4 Å². The molecule has 0 spiro atoms. The van der Waals surface area contributed by atoms with E-state index >= 15 is 0 Å². The van der Waals surface area contributed by atoms with Crippen LogP contribution in [0.4, 0.5) is 4.79 Å². The molecular weight excluding hydrogens is 729 g/mol. The van der Waals surface area contributed by atoms with Crippen molar-refractivity contribution in [3.63, 3.8) is 0 Å². The highest BCUT2D eigenvalue weighted by Gasteiger charge is 2.35. The first-order chi connectivity index (χ1) is 26.5. The minimum atomic E-state index is -0.866. The largest absolute Gasteiger partial charge is 0.508 e. The van der Waals surface area contributed by atoms with Crippen LogP contribution in [-0.4, -0.2) is 104 Å². The number of ether oxygens (including phenoxy) is 4. The van der Waals surface area contributed by atoms with Crippen LogP contribution < -0.4 is 21.9 Å². The second-order valence-corrected chi connectivity index (χ2v) is 14.9. The lowest BCUT2D eigenvalue weighted by Gasteiger charge is -2.36. The molecule has 15 nitrogen and oxygen atoms in total. The van der Waals surface area contributed by atoms with Gasteiger partial charge in [0, 0.05) is 50.0 Å². The van der Waals surface area contributed by atoms with Crippen molar-refractivity contribution in [2.75, 3.05) is 52.7 Å². The van der Waals surface area contributed by atoms with Crippen molar-refractivity contribution in [2.24, 2.45) is 11.7 Å². The fourth-order valence-corrected chi connectivity index (χ4v) is 7.37. The Balaban J connectivity index is 1.67. The summed E-state index contributed by atoms with van der Waals surface area (Å²) in [7, 11) is 0. The minimum Gasteiger partial charge on any atom is -0.508 e. The van der Waals surface area contributed by atoms with Gasteiger partial charge in [-0.2, -0.15) is 0 Å². The summed E-state index contributed by atoms with van der Waals surface area (Å²) in [5.74, 6) is -1.38. The van der Waals surface area contributed by atoms with Crippen LogP contribution in [0.2, 0.25) is 0 Å². The number of aromatic nitrogens is 1. The van der Waals surface area contributed by atoms with Gasteiger partial charge in [-0.15, -0.1) is 11.3 Å². The summed E-state index contributed by atoms with van der Waals surface area (Å²) in [5.41, 5.74) is 11.6. The van der Waals surface area contributed by atoms with Crippen LogP contribution in [0.15, 0.2) is 23.6 Å². The summed E-state index contributed by atoms with van der Waals surface area (Å²) in [6, 6.07) is 4.28. The molecule has 0 saturated carbocycles. The van der Waals surface area contributed by atoms with Crippen LogP contribution in [0.1, 0.15) is 118 Å². The summed E-state index contributed by atoms with van der Waals surface area (Å²) in [6.07, 6.45) is 3.91. The molecule has 2 aromatic rings. The molecule has 0 saturated heterocycles. The van der Waals surface area contributed by atoms with Gasteiger partial charge in [0.05, 0.1) is 32.3 Å². The third-order valence-corrected chi connectivity index (χ3v) is 10.2. The van der Waals surface area contributed by atoms with E-state index in [4.69, 9.17) is 29.7 Å². The lowest BCUT2D eigenvalue weighted by Crippen LogP contribution is -2.48. The number of benzene rings is 1. The van der Waals surface area contributed by atoms with Crippen LogP contribution in [0.3, 0.4) is 0 Å². The molecule has 0 bridgehead atoms. The van der Waals surface area contributed by atoms with Gasteiger partial charge in [0.25, 0.3) is 5.91 Å². The number of carbonyl (C=O) groups is 4. The maximum Gasteiger partial charge on any atom is 0.426 e. The van der Waals surface area contributed by atoms with Gasteiger partial charge in [-0.05, 0) is 61.3 Å². The molecule has 1 aromatic carbocycles. The molecule has 1 heterocycles. The number of rotatable bonds is 24. The molecule has 0 fully saturated rings. The average molecular weight is 791 g/mol. The highest BCUT2D eigenvalue weighted by Crippen LogP contribution is 2.35. The number of amides is 4. The van der Waals surface area contributed by atoms with E-state index in [-0.39, 0.29) is 54.9 Å². The zero-order chi connectivity index (χ0) is 40.2. The quantitative estimate of drug-likeness (QED) is 0.0726. The molecule has 3 rings (SSSR count). The van der Waals surface area contributed by atoms with E-state index in [0.717, 1.165) is 31.2 Å². The van der Waals surface area contributed by atoms with Gasteiger partial charge in [0.2, 0.25) is 11.8 Å². The van der Waals surface area contributed by atoms with E-state index in [1.165, 1.54) is 23.5 Å². The van der Waals surface area contributed by atoms with E-state index < -0.39 is 30.1 Å². The van der Waals surface area contributed by atoms with Crippen LogP contribution in [0.5, 0.6) is 5.75 Å². The second-order valence-electron chi connectivity index (χ2n) is 14.0. The van der Waals surface area contributed by atoms with Crippen molar-refractivity contribution in [1.82, 2.24) is 26.1 Å². The molecular formula is C39H62N6O9S. The Labute approximate surface area is 329 Å². The van der Waals surface area contributed by atoms with E-state index in [1.54, 1.807) is 11.4 Å². The summed E-state index contributed by atoms with van der Waals surface area (Å²) in [6.45, 7) is 13.3. The lowest BCUT2D eigenvalue weighted by molar-refractivity contribution is -0.135. The first-order valence-electron chi connectivity index (χ1n) is 19.6. The highest BCUT2D eigenvalue weighted by molar-refractivity contribution is 7.09. The Morgan fingerprint density at radius 1 is 1.00 bits per heavy atom. The van der Waals surface area contributed by atoms with Crippen LogP contribution in [-0.2, 0) is 35.0 Å². The van der Waals surface area contributed by atoms with Crippen molar-refractivity contribution >= 4 is 35.2 Å². The number of nitrogens with one attached hydrogen (secondary N) is 3. The smallest absolute Gasteiger partial charge is 0.426 e. The Morgan fingerprint density at radius 2 is 1.75 bits per heavy atom. The maximum atomic E-state index is 13.6. The SMILES string of the molecule is CCCCC(=O)N(CCC)C(CC(OCCC)c1nc(C(=O)NC2Cc3ccc(O)cc3[C@H](C(=O)NNC(=O)OCCOCCOCCN)C2)cs1)C(C)C. The summed E-state index contributed by atoms with van der Waals surface area (Å²) < 4.78 is 21.9. The van der Waals surface area contributed by atoms with Crippen molar-refractivity contribution in [1.29, 1.82) is 0 Å². The summed E-state index contributed by atoms with van der Waals surface area (Å²) in [4.78, 5) is 59.3. The number of hydrazine groups is 1. The standard InChI is InChI=1S/C39H62N6O9S/c1-6-9-10-35(47)45(14-7-2)33(26(4)5)24-34(53-15-8-3)38-42-32(25-55-38)37(49)41-28-21-27-11-12-29(46)23-30(27)31(22-28)36(48)43-44-39(50)54-20-19-52-18-17-51-16-13-40/h11-12,23,25-26,28,31,33-34,46H,6-10,13-22,24,40H2,1-5H3,(H,41,49)(H,43,48)(H,44,50)/t28?,31-,33?,34?/m1/s1. The number of phenols is 1. The van der Waals surface area contributed by atoms with Gasteiger partial charge in [-0.1, -0.05) is 47.1 Å². The molecule has 6 N–H and O–H groups in total. The Morgan fingerprint density at radius 3 is 2.44 bits per heavy atom. The minimum absolute atomic E-state index is 0.00229. The van der Waals surface area contributed by atoms with E-state index in [9.17, 15) is 24.3 Å². The molecule has 0 aliphatic heterocycles. The summed E-state index contributed by atoms with van der Waals surface area (Å²) in [5, 5.41) is 15.6. The molecule has 1 aliphatic rings. The number of hydrogen-bond donors (Lipinski definition) is 5. The number of unbranched alkanes of at least 4 members (excludes halogenated alkanes) is 1. The molecule has 0 radical (unpaired) electrons. The van der Waals surface area contributed by atoms with E-state index in [1.807, 2.05) is 11.8 Å². The third kappa shape index (κ3) is 15.0. The number of aromatic hydroxyl groups is 1. The number of carbonyl (C=O) groups excluding carboxylic acids is 4. The topological polar surface area (TPSA) is 204 Å². The Hall–Kier alpha value is -3.83. The summed E-state index contributed by atoms with van der Waals surface area (Å²) >= 11 is 1.35. The number of nitrogens with two attached hydrogens (primary N) is 1. The van der Waals surface area contributed by atoms with Gasteiger partial charge in [-0.25, -0.2) is 15.2 Å². The molecule has 4 amide bonds. The number of phenolic OH excluding ortho intramolecular Hbond substituents is 1. The maximum absolute atomic E-state index is 13.6. The normalized spacial score (nSPS) is 16.2. The van der Waals surface area contributed by atoms with Crippen LogP contribution in [0.25, 0.3) is 0 Å². The highest BCUT2D eigenvalue weighted by atomic mass is 32.1. The fourth-order valence-electron chi connectivity index (χ4n) is 6.51. The predicted molar refractivity (Wildman–Crippen MR) is 210 cm³/mol. The van der Waals surface area contributed by atoms with Crippen LogP contribution >= 0.6 is 11.3 Å². The van der Waals surface area contributed by atoms with Crippen molar-refractivity contribution in [3.8, 4) is 5.75 Å². The molecule has 1 aromatic heterocycles. The predicted octanol–water partition coefficient (Wildman–Crippen LogP) is 4.74. The van der Waals surface area contributed by atoms with Gasteiger partial charge in [0.1, 0.15) is 29.2 Å². The molecule has 4 atom stereocenters. The Kier molecular flexibility index (Phi) is 20.4. The van der Waals surface area contributed by atoms with Gasteiger partial charge in [-0.3, -0.25) is 19.8 Å². The zero-order valence-electron chi connectivity index (χ0n) is 33.1. The second kappa shape index (κ2) is 24.6. The molecule has 1 aliphatic carbocycles. The number of nitrogens with zero attached hydrogens (tertiary/aromatic N) is 2. The number of thiazole rings is 1.